The van der Waals surface area contributed by atoms with E-state index in [4.69, 9.17) is 5.11 Å². The fraction of sp³-hybridized carbons (Fsp3) is 0.857. The molecular weight excluding hydrogens is 230 g/mol. The van der Waals surface area contributed by atoms with Gasteiger partial charge in [-0.25, -0.2) is 0 Å². The second-order valence-electron chi connectivity index (χ2n) is 5.46. The number of hydrogen-bond donors (Lipinski definition) is 2. The van der Waals surface area contributed by atoms with Gasteiger partial charge < -0.3 is 10.4 Å². The summed E-state index contributed by atoms with van der Waals surface area (Å²) < 4.78 is 0. The van der Waals surface area contributed by atoms with Gasteiger partial charge in [0.1, 0.15) is 0 Å². The molecule has 104 valence electrons. The molecule has 1 aliphatic rings. The summed E-state index contributed by atoms with van der Waals surface area (Å²) in [5.74, 6) is 0.327. The number of hydrogen-bond acceptors (Lipinski definition) is 2. The van der Waals surface area contributed by atoms with Crippen LogP contribution >= 0.6 is 0 Å². The van der Waals surface area contributed by atoms with Crippen molar-refractivity contribution in [1.82, 2.24) is 5.32 Å². The van der Waals surface area contributed by atoms with E-state index in [1.807, 2.05) is 0 Å². The molecule has 0 aromatic rings. The third-order valence-electron chi connectivity index (χ3n) is 3.67. The lowest BCUT2D eigenvalue weighted by molar-refractivity contribution is -0.137. The van der Waals surface area contributed by atoms with Gasteiger partial charge in [0, 0.05) is 18.9 Å². The van der Waals surface area contributed by atoms with Crippen LogP contribution < -0.4 is 5.32 Å². The highest BCUT2D eigenvalue weighted by atomic mass is 16.4. The highest BCUT2D eigenvalue weighted by Crippen LogP contribution is 2.28. The molecule has 0 aromatic heterocycles. The average molecular weight is 255 g/mol. The maximum absolute atomic E-state index is 11.9. The van der Waals surface area contributed by atoms with Gasteiger partial charge in [0.2, 0.25) is 5.91 Å². The van der Waals surface area contributed by atoms with Crippen LogP contribution in [0.2, 0.25) is 0 Å². The summed E-state index contributed by atoms with van der Waals surface area (Å²) in [7, 11) is 0. The summed E-state index contributed by atoms with van der Waals surface area (Å²) in [6, 6.07) is 0. The predicted molar refractivity (Wildman–Crippen MR) is 70.2 cm³/mol. The lowest BCUT2D eigenvalue weighted by atomic mass is 9.82. The molecule has 18 heavy (non-hydrogen) atoms. The van der Waals surface area contributed by atoms with Crippen LogP contribution in [-0.2, 0) is 9.59 Å². The number of carboxylic acid groups (broad SMARTS) is 1. The monoisotopic (exact) mass is 255 g/mol. The van der Waals surface area contributed by atoms with Crippen molar-refractivity contribution in [2.75, 3.05) is 6.54 Å². The topological polar surface area (TPSA) is 66.4 Å². The third-order valence-corrected chi connectivity index (χ3v) is 3.67. The minimum atomic E-state index is -0.741. The van der Waals surface area contributed by atoms with Crippen molar-refractivity contribution in [3.05, 3.63) is 0 Å². The van der Waals surface area contributed by atoms with Gasteiger partial charge in [-0.2, -0.15) is 0 Å². The van der Waals surface area contributed by atoms with Crippen LogP contribution in [0.1, 0.15) is 58.3 Å². The summed E-state index contributed by atoms with van der Waals surface area (Å²) in [5, 5.41) is 11.5. The van der Waals surface area contributed by atoms with Gasteiger partial charge in [-0.1, -0.05) is 26.2 Å². The second kappa shape index (κ2) is 8.11. The molecule has 0 aromatic carbocycles. The second-order valence-corrected chi connectivity index (χ2v) is 5.46. The van der Waals surface area contributed by atoms with Gasteiger partial charge in [-0.3, -0.25) is 9.59 Å². The number of nitrogens with one attached hydrogen (secondary N) is 1. The number of carbonyl (C=O) groups excluding carboxylic acids is 1. The summed E-state index contributed by atoms with van der Waals surface area (Å²) >= 11 is 0. The van der Waals surface area contributed by atoms with E-state index in [-0.39, 0.29) is 18.2 Å². The Bertz CT molecular complexity index is 278. The van der Waals surface area contributed by atoms with Gasteiger partial charge in [0.25, 0.3) is 0 Å². The zero-order chi connectivity index (χ0) is 13.4. The van der Waals surface area contributed by atoms with Crippen LogP contribution in [0.5, 0.6) is 0 Å². The Morgan fingerprint density at radius 1 is 1.22 bits per heavy atom. The molecule has 0 unspecified atom stereocenters. The number of rotatable bonds is 7. The quantitative estimate of drug-likeness (QED) is 0.687. The molecule has 0 saturated heterocycles. The zero-order valence-corrected chi connectivity index (χ0v) is 11.3. The van der Waals surface area contributed by atoms with Crippen LogP contribution in [-0.4, -0.2) is 23.5 Å². The highest BCUT2D eigenvalue weighted by molar-refractivity contribution is 5.78. The SMILES string of the molecule is C[C@H]1CCC[C@H](C(=O)NCCCCCC(=O)O)C1. The van der Waals surface area contributed by atoms with E-state index in [1.54, 1.807) is 0 Å². The largest absolute Gasteiger partial charge is 0.481 e. The van der Waals surface area contributed by atoms with E-state index in [2.05, 4.69) is 12.2 Å². The number of unbranched alkanes of at least 4 members (excludes halogenated alkanes) is 2. The van der Waals surface area contributed by atoms with Gasteiger partial charge in [-0.05, 0) is 31.6 Å². The van der Waals surface area contributed by atoms with Crippen molar-refractivity contribution >= 4 is 11.9 Å². The van der Waals surface area contributed by atoms with Gasteiger partial charge in [0.15, 0.2) is 0 Å². The minimum Gasteiger partial charge on any atom is -0.481 e. The van der Waals surface area contributed by atoms with Crippen LogP contribution in [0.25, 0.3) is 0 Å². The van der Waals surface area contributed by atoms with Crippen LogP contribution in [0.4, 0.5) is 0 Å². The first kappa shape index (κ1) is 15.0. The van der Waals surface area contributed by atoms with Crippen molar-refractivity contribution in [3.8, 4) is 0 Å². The average Bonchev–Trinajstić information content (AvgIpc) is 2.33. The van der Waals surface area contributed by atoms with E-state index in [0.29, 0.717) is 18.9 Å². The predicted octanol–water partition coefficient (Wildman–Crippen LogP) is 2.57. The minimum absolute atomic E-state index is 0.194. The number of amides is 1. The van der Waals surface area contributed by atoms with E-state index < -0.39 is 5.97 Å². The van der Waals surface area contributed by atoms with Gasteiger partial charge in [-0.15, -0.1) is 0 Å². The Labute approximate surface area is 109 Å². The molecule has 4 heteroatoms. The van der Waals surface area contributed by atoms with Crippen molar-refractivity contribution in [2.24, 2.45) is 11.8 Å². The zero-order valence-electron chi connectivity index (χ0n) is 11.3. The molecule has 2 N–H and O–H groups in total. The molecule has 0 bridgehead atoms. The van der Waals surface area contributed by atoms with Gasteiger partial charge in [0.05, 0.1) is 0 Å². The maximum Gasteiger partial charge on any atom is 0.303 e. The molecule has 1 saturated carbocycles. The van der Waals surface area contributed by atoms with E-state index in [9.17, 15) is 9.59 Å². The number of carbonyl (C=O) groups is 2. The number of aliphatic carboxylic acids is 1. The third kappa shape index (κ3) is 6.03. The maximum atomic E-state index is 11.9. The standard InChI is InChI=1S/C14H25NO3/c1-11-6-5-7-12(10-11)14(18)15-9-4-2-3-8-13(16)17/h11-12H,2-10H2,1H3,(H,15,18)(H,16,17)/t11-,12-/m0/s1. The van der Waals surface area contributed by atoms with Crippen molar-refractivity contribution < 1.29 is 14.7 Å². The molecule has 0 aliphatic heterocycles. The molecule has 4 nitrogen and oxygen atoms in total. The van der Waals surface area contributed by atoms with Crippen molar-refractivity contribution in [3.63, 3.8) is 0 Å². The molecule has 0 radical (unpaired) electrons. The molecule has 0 heterocycles. The van der Waals surface area contributed by atoms with E-state index in [0.717, 1.165) is 32.1 Å². The van der Waals surface area contributed by atoms with Crippen molar-refractivity contribution in [1.29, 1.82) is 0 Å². The fourth-order valence-corrected chi connectivity index (χ4v) is 2.61. The Kier molecular flexibility index (Phi) is 6.76. The molecule has 2 atom stereocenters. The van der Waals surface area contributed by atoms with Crippen molar-refractivity contribution in [2.45, 2.75) is 58.3 Å². The van der Waals surface area contributed by atoms with Gasteiger partial charge >= 0.3 is 5.97 Å². The fourth-order valence-electron chi connectivity index (χ4n) is 2.61. The Morgan fingerprint density at radius 2 is 2.00 bits per heavy atom. The number of carboxylic acids is 1. The molecular formula is C14H25NO3. The van der Waals surface area contributed by atoms with E-state index in [1.165, 1.54) is 6.42 Å². The summed E-state index contributed by atoms with van der Waals surface area (Å²) in [4.78, 5) is 22.2. The lowest BCUT2D eigenvalue weighted by Gasteiger charge is -2.25. The van der Waals surface area contributed by atoms with Crippen LogP contribution in [0, 0.1) is 11.8 Å². The molecule has 1 amide bonds. The smallest absolute Gasteiger partial charge is 0.303 e. The molecule has 1 fully saturated rings. The van der Waals surface area contributed by atoms with Crippen LogP contribution in [0.3, 0.4) is 0 Å². The normalized spacial score (nSPS) is 23.6. The Hall–Kier alpha value is -1.06. The summed E-state index contributed by atoms with van der Waals surface area (Å²) in [6.07, 6.45) is 7.13. The first-order valence-corrected chi connectivity index (χ1v) is 7.09. The molecule has 1 rings (SSSR count). The lowest BCUT2D eigenvalue weighted by Crippen LogP contribution is -2.34. The summed E-state index contributed by atoms with van der Waals surface area (Å²) in [5.41, 5.74) is 0. The Balaban J connectivity index is 2.04. The highest BCUT2D eigenvalue weighted by Gasteiger charge is 2.24. The van der Waals surface area contributed by atoms with E-state index >= 15 is 0 Å². The Morgan fingerprint density at radius 3 is 2.67 bits per heavy atom. The first-order chi connectivity index (χ1) is 8.59. The first-order valence-electron chi connectivity index (χ1n) is 7.09. The molecule has 0 spiro atoms. The summed E-state index contributed by atoms with van der Waals surface area (Å²) in [6.45, 7) is 2.90. The molecule has 1 aliphatic carbocycles. The van der Waals surface area contributed by atoms with Crippen LogP contribution in [0.15, 0.2) is 0 Å².